The van der Waals surface area contributed by atoms with Gasteiger partial charge in [0.05, 0.1) is 30.0 Å². The van der Waals surface area contributed by atoms with E-state index in [1.165, 1.54) is 15.6 Å². The lowest BCUT2D eigenvalue weighted by molar-refractivity contribution is -0.539. The molecule has 2 aliphatic rings. The van der Waals surface area contributed by atoms with Crippen LogP contribution in [0, 0.1) is 0 Å². The van der Waals surface area contributed by atoms with Gasteiger partial charge in [-0.2, -0.15) is 0 Å². The highest BCUT2D eigenvalue weighted by Gasteiger charge is 2.28. The second-order valence-corrected chi connectivity index (χ2v) is 8.98. The minimum Gasteiger partial charge on any atom is -0.351 e. The first-order chi connectivity index (χ1) is 14.7. The van der Waals surface area contributed by atoms with Crippen LogP contribution in [-0.4, -0.2) is 41.5 Å². The monoisotopic (exact) mass is 481 g/mol. The van der Waals surface area contributed by atoms with Crippen molar-refractivity contribution in [1.29, 1.82) is 0 Å². The van der Waals surface area contributed by atoms with Gasteiger partial charge in [0, 0.05) is 35.2 Å². The zero-order valence-corrected chi connectivity index (χ0v) is 18.9. The average Bonchev–Trinajstić information content (AvgIpc) is 2.92. The van der Waals surface area contributed by atoms with Crippen LogP contribution >= 0.6 is 27.5 Å². The van der Waals surface area contributed by atoms with E-state index in [4.69, 9.17) is 11.6 Å². The summed E-state index contributed by atoms with van der Waals surface area (Å²) >= 11 is 9.96. The Morgan fingerprint density at radius 1 is 0.867 bits per heavy atom. The zero-order valence-electron chi connectivity index (χ0n) is 16.5. The zero-order chi connectivity index (χ0) is 20.5. The number of nitrogens with zero attached hydrogens (tertiary/aromatic N) is 2. The van der Waals surface area contributed by atoms with Gasteiger partial charge >= 0.3 is 0 Å². The van der Waals surface area contributed by atoms with Crippen LogP contribution in [0.5, 0.6) is 0 Å². The molecule has 1 fully saturated rings. The van der Waals surface area contributed by atoms with Crippen molar-refractivity contribution < 1.29 is 4.58 Å². The summed E-state index contributed by atoms with van der Waals surface area (Å²) in [6, 6.07) is 22.9. The SMILES string of the molecule is Clc1ccc2c(c1)NC(=[N+]1CCN(Cc3ccccc3Br)CC1)c1ccccc1N2. The maximum atomic E-state index is 6.28. The second-order valence-electron chi connectivity index (χ2n) is 7.69. The van der Waals surface area contributed by atoms with Gasteiger partial charge < -0.3 is 5.32 Å². The minimum absolute atomic E-state index is 0.728. The van der Waals surface area contributed by atoms with Crippen LogP contribution < -0.4 is 10.6 Å². The third-order valence-corrected chi connectivity index (χ3v) is 6.74. The molecule has 152 valence electrons. The lowest BCUT2D eigenvalue weighted by Gasteiger charge is -2.28. The van der Waals surface area contributed by atoms with Gasteiger partial charge in [-0.25, -0.2) is 5.32 Å². The summed E-state index contributed by atoms with van der Waals surface area (Å²) in [5, 5.41) is 7.96. The van der Waals surface area contributed by atoms with Crippen LogP contribution in [0.15, 0.2) is 71.2 Å². The number of piperazine rings is 1. The van der Waals surface area contributed by atoms with Crippen molar-refractivity contribution in [3.05, 3.63) is 87.4 Å². The molecule has 6 heteroatoms. The molecule has 0 saturated carbocycles. The summed E-state index contributed by atoms with van der Waals surface area (Å²) < 4.78 is 3.63. The summed E-state index contributed by atoms with van der Waals surface area (Å²) in [7, 11) is 0. The van der Waals surface area contributed by atoms with Crippen molar-refractivity contribution in [3.8, 4) is 0 Å². The molecule has 0 bridgehead atoms. The number of hydrogen-bond donors (Lipinski definition) is 2. The molecule has 2 heterocycles. The number of amidine groups is 1. The number of fused-ring (bicyclic) bond motifs is 2. The molecule has 0 aliphatic carbocycles. The van der Waals surface area contributed by atoms with E-state index in [9.17, 15) is 0 Å². The Morgan fingerprint density at radius 3 is 2.47 bits per heavy atom. The number of rotatable bonds is 2. The van der Waals surface area contributed by atoms with E-state index < -0.39 is 0 Å². The molecular formula is C24H23BrClN4+. The first kappa shape index (κ1) is 19.6. The molecule has 1 saturated heterocycles. The standard InChI is InChI=1S/C24H22BrClN4/c25-20-7-3-1-5-17(20)16-29-11-13-30(14-12-29)24-19-6-2-4-8-21(19)27-22-10-9-18(26)15-23(22)28-24/h1-10,15H,11-14,16H2,(H,27,28)/p+1. The Hall–Kier alpha value is -2.34. The lowest BCUT2D eigenvalue weighted by Crippen LogP contribution is -2.45. The van der Waals surface area contributed by atoms with Gasteiger partial charge in [-0.1, -0.05) is 57.9 Å². The fraction of sp³-hybridized carbons (Fsp3) is 0.208. The van der Waals surface area contributed by atoms with Crippen LogP contribution in [0.1, 0.15) is 11.1 Å². The molecule has 3 aromatic carbocycles. The fourth-order valence-electron chi connectivity index (χ4n) is 4.11. The maximum Gasteiger partial charge on any atom is 0.284 e. The number of nitrogens with one attached hydrogen (secondary N) is 2. The van der Waals surface area contributed by atoms with Gasteiger partial charge in [-0.15, -0.1) is 0 Å². The summed E-state index contributed by atoms with van der Waals surface area (Å²) in [6.45, 7) is 4.94. The largest absolute Gasteiger partial charge is 0.351 e. The highest BCUT2D eigenvalue weighted by molar-refractivity contribution is 9.10. The predicted octanol–water partition coefficient (Wildman–Crippen LogP) is 5.55. The molecule has 5 rings (SSSR count). The number of anilines is 3. The van der Waals surface area contributed by atoms with Crippen molar-refractivity contribution in [3.63, 3.8) is 0 Å². The quantitative estimate of drug-likeness (QED) is 0.470. The van der Waals surface area contributed by atoms with Gasteiger partial charge in [0.15, 0.2) is 0 Å². The molecule has 0 spiro atoms. The number of hydrogen-bond acceptors (Lipinski definition) is 2. The Kier molecular flexibility index (Phi) is 5.50. The first-order valence-corrected chi connectivity index (χ1v) is 11.3. The molecule has 0 unspecified atom stereocenters. The molecule has 0 aromatic heterocycles. The van der Waals surface area contributed by atoms with E-state index >= 15 is 0 Å². The van der Waals surface area contributed by atoms with Crippen molar-refractivity contribution >= 4 is 50.4 Å². The molecule has 0 radical (unpaired) electrons. The van der Waals surface area contributed by atoms with E-state index in [1.807, 2.05) is 18.2 Å². The molecule has 0 atom stereocenters. The minimum atomic E-state index is 0.728. The van der Waals surface area contributed by atoms with E-state index in [1.54, 1.807) is 0 Å². The number of para-hydroxylation sites is 1. The molecule has 30 heavy (non-hydrogen) atoms. The highest BCUT2D eigenvalue weighted by Crippen LogP contribution is 2.34. The van der Waals surface area contributed by atoms with Gasteiger partial charge in [-0.05, 0) is 35.9 Å². The summed E-state index contributed by atoms with van der Waals surface area (Å²) in [5.74, 6) is 1.14. The van der Waals surface area contributed by atoms with Crippen molar-refractivity contribution in [2.24, 2.45) is 0 Å². The highest BCUT2D eigenvalue weighted by atomic mass is 79.9. The topological polar surface area (TPSA) is 30.3 Å². The molecule has 0 amide bonds. The number of benzene rings is 3. The third-order valence-electron chi connectivity index (χ3n) is 5.73. The van der Waals surface area contributed by atoms with Crippen LogP contribution in [0.4, 0.5) is 17.1 Å². The normalized spacial score (nSPS) is 16.2. The lowest BCUT2D eigenvalue weighted by atomic mass is 10.1. The van der Waals surface area contributed by atoms with Gasteiger partial charge in [0.25, 0.3) is 5.84 Å². The first-order valence-electron chi connectivity index (χ1n) is 10.2. The van der Waals surface area contributed by atoms with E-state index in [0.29, 0.717) is 0 Å². The Bertz CT molecular complexity index is 1120. The Balaban J connectivity index is 1.43. The van der Waals surface area contributed by atoms with Gasteiger partial charge in [0.1, 0.15) is 5.69 Å². The van der Waals surface area contributed by atoms with Crippen LogP contribution in [0.3, 0.4) is 0 Å². The van der Waals surface area contributed by atoms with Crippen LogP contribution in [0.2, 0.25) is 5.02 Å². The van der Waals surface area contributed by atoms with Crippen LogP contribution in [0.25, 0.3) is 0 Å². The van der Waals surface area contributed by atoms with Crippen molar-refractivity contribution in [1.82, 2.24) is 4.90 Å². The Morgan fingerprint density at radius 2 is 1.63 bits per heavy atom. The van der Waals surface area contributed by atoms with E-state index in [0.717, 1.165) is 60.6 Å². The smallest absolute Gasteiger partial charge is 0.284 e. The fourth-order valence-corrected chi connectivity index (χ4v) is 4.70. The van der Waals surface area contributed by atoms with Gasteiger partial charge in [-0.3, -0.25) is 9.48 Å². The second kappa shape index (κ2) is 8.42. The summed E-state index contributed by atoms with van der Waals surface area (Å²) in [4.78, 5) is 2.52. The van der Waals surface area contributed by atoms with E-state index in [2.05, 4.69) is 84.6 Å². The number of halogens is 2. The van der Waals surface area contributed by atoms with Gasteiger partial charge in [0.2, 0.25) is 0 Å². The average molecular weight is 483 g/mol. The predicted molar refractivity (Wildman–Crippen MR) is 128 cm³/mol. The molecular weight excluding hydrogens is 460 g/mol. The molecule has 3 aromatic rings. The van der Waals surface area contributed by atoms with Crippen molar-refractivity contribution in [2.45, 2.75) is 6.54 Å². The summed E-state index contributed by atoms with van der Waals surface area (Å²) in [6.07, 6.45) is 0. The maximum absolute atomic E-state index is 6.28. The van der Waals surface area contributed by atoms with Crippen molar-refractivity contribution in [2.75, 3.05) is 36.8 Å². The Labute approximate surface area is 190 Å². The molecule has 4 nitrogen and oxygen atoms in total. The van der Waals surface area contributed by atoms with E-state index in [-0.39, 0.29) is 0 Å². The molecule has 2 aliphatic heterocycles. The third kappa shape index (κ3) is 3.97. The van der Waals surface area contributed by atoms with Crippen LogP contribution in [-0.2, 0) is 6.54 Å². The summed E-state index contributed by atoms with van der Waals surface area (Å²) in [5.41, 5.74) is 5.67. The molecule has 2 N–H and O–H groups in total.